The molecule has 268 valence electrons. The molecule has 0 aliphatic heterocycles. The van der Waals surface area contributed by atoms with Gasteiger partial charge in [-0.25, -0.2) is 0 Å². The van der Waals surface area contributed by atoms with Crippen molar-refractivity contribution in [3.8, 4) is 22.5 Å². The molecule has 0 saturated heterocycles. The minimum atomic E-state index is 0. The van der Waals surface area contributed by atoms with Crippen LogP contribution >= 0.6 is 81.5 Å². The van der Waals surface area contributed by atoms with E-state index in [1.807, 2.05) is 61.2 Å². The summed E-state index contributed by atoms with van der Waals surface area (Å²) in [4.78, 5) is 12.9. The maximum Gasteiger partial charge on any atom is 0.102 e. The molecule has 4 aromatic heterocycles. The molecule has 4 heterocycles. The first-order valence-electron chi connectivity index (χ1n) is 14.7. The Morgan fingerprint density at radius 3 is 1.33 bits per heavy atom. The molecule has 49 heavy (non-hydrogen) atoms. The van der Waals surface area contributed by atoms with Gasteiger partial charge in [0.15, 0.2) is 0 Å². The second kappa shape index (κ2) is 22.5. The van der Waals surface area contributed by atoms with Gasteiger partial charge in [-0.1, -0.05) is 56.1 Å². The molecule has 0 aliphatic carbocycles. The lowest BCUT2D eigenvalue weighted by atomic mass is 10.1. The maximum absolute atomic E-state index is 4.83. The van der Waals surface area contributed by atoms with E-state index in [2.05, 4.69) is 113 Å². The molecule has 6 aromatic rings. The molecule has 6 rings (SSSR count). The predicted molar refractivity (Wildman–Crippen MR) is 220 cm³/mol. The number of pyridine rings is 2. The normalized spacial score (nSPS) is 10.3. The quantitative estimate of drug-likeness (QED) is 0.137. The van der Waals surface area contributed by atoms with Crippen LogP contribution in [0.1, 0.15) is 12.8 Å². The smallest absolute Gasteiger partial charge is 0.102 e. The van der Waals surface area contributed by atoms with Crippen LogP contribution in [0.25, 0.3) is 44.3 Å². The van der Waals surface area contributed by atoms with E-state index >= 15 is 0 Å². The van der Waals surface area contributed by atoms with Crippen molar-refractivity contribution in [2.24, 2.45) is 0 Å². The molecule has 0 radical (unpaired) electrons. The summed E-state index contributed by atoms with van der Waals surface area (Å²) in [6, 6.07) is 20.6. The van der Waals surface area contributed by atoms with Crippen LogP contribution < -0.4 is 0 Å². The van der Waals surface area contributed by atoms with Gasteiger partial charge in [-0.2, -0.15) is 10.2 Å². The van der Waals surface area contributed by atoms with Crippen molar-refractivity contribution in [1.82, 2.24) is 39.3 Å². The van der Waals surface area contributed by atoms with Crippen molar-refractivity contribution in [3.05, 3.63) is 94.4 Å². The molecule has 0 amide bonds. The molecule has 0 bridgehead atoms. The molecule has 0 spiro atoms. The van der Waals surface area contributed by atoms with Crippen molar-refractivity contribution in [1.29, 1.82) is 0 Å². The van der Waals surface area contributed by atoms with Crippen LogP contribution in [0.15, 0.2) is 94.4 Å². The third kappa shape index (κ3) is 12.4. The van der Waals surface area contributed by atoms with E-state index < -0.39 is 0 Å². The van der Waals surface area contributed by atoms with Gasteiger partial charge in [0, 0.05) is 68.7 Å². The minimum absolute atomic E-state index is 0. The molecule has 2 aromatic carbocycles. The maximum atomic E-state index is 4.83. The highest BCUT2D eigenvalue weighted by atomic mass is 79.9. The lowest BCUT2D eigenvalue weighted by Crippen LogP contribution is -2.15. The number of aryl methyl sites for hydroxylation is 2. The highest BCUT2D eigenvalue weighted by molar-refractivity contribution is 9.10. The van der Waals surface area contributed by atoms with E-state index in [9.17, 15) is 0 Å². The molecule has 0 aliphatic rings. The number of fused-ring (bicyclic) bond motifs is 2. The summed E-state index contributed by atoms with van der Waals surface area (Å²) in [5, 5.41) is 11.9. The van der Waals surface area contributed by atoms with E-state index in [-0.39, 0.29) is 55.1 Å². The van der Waals surface area contributed by atoms with Gasteiger partial charge in [0.2, 0.25) is 0 Å². The summed E-state index contributed by atoms with van der Waals surface area (Å²) in [6.07, 6.45) is 9.62. The zero-order valence-electron chi connectivity index (χ0n) is 27.8. The van der Waals surface area contributed by atoms with Gasteiger partial charge in [0.05, 0.1) is 11.0 Å². The number of halogens is 6. The summed E-state index contributed by atoms with van der Waals surface area (Å²) in [5.41, 5.74) is 6.49. The molecule has 0 saturated carbocycles. The van der Waals surface area contributed by atoms with Gasteiger partial charge in [-0.05, 0) is 90.5 Å². The molecule has 2 N–H and O–H groups in total. The summed E-state index contributed by atoms with van der Waals surface area (Å²) in [7, 11) is 8.38. The second-order valence-electron chi connectivity index (χ2n) is 11.3. The van der Waals surface area contributed by atoms with E-state index in [1.165, 1.54) is 0 Å². The Kier molecular flexibility index (Phi) is 21.4. The van der Waals surface area contributed by atoms with E-state index in [4.69, 9.17) is 10.2 Å². The average Bonchev–Trinajstić information content (AvgIpc) is 3.56. The van der Waals surface area contributed by atoms with Crippen molar-refractivity contribution in [3.63, 3.8) is 0 Å². The predicted octanol–water partition coefficient (Wildman–Crippen LogP) is 8.49. The van der Waals surface area contributed by atoms with Crippen LogP contribution in [0.5, 0.6) is 0 Å². The second-order valence-corrected chi connectivity index (χ2v) is 13.1. The van der Waals surface area contributed by atoms with Crippen LogP contribution in [0.3, 0.4) is 0 Å². The van der Waals surface area contributed by atoms with Gasteiger partial charge in [-0.3, -0.25) is 19.3 Å². The van der Waals surface area contributed by atoms with Crippen LogP contribution in [0, 0.1) is 0 Å². The Balaban J connectivity index is 0.000000853. The summed E-state index contributed by atoms with van der Waals surface area (Å²) in [6.45, 7) is 3.93. The number of benzene rings is 2. The molecule has 0 atom stereocenters. The largest absolute Gasteiger partial charge is 0.412 e. The fraction of sp³-hybridized carbons (Fsp3) is 0.294. The average molecular weight is 882 g/mol. The Labute approximate surface area is 330 Å². The van der Waals surface area contributed by atoms with Crippen molar-refractivity contribution in [2.45, 2.75) is 25.9 Å². The zero-order valence-corrected chi connectivity index (χ0v) is 34.2. The Hall–Kier alpha value is -2.32. The van der Waals surface area contributed by atoms with Crippen LogP contribution in [-0.2, 0) is 13.1 Å². The van der Waals surface area contributed by atoms with E-state index in [0.717, 1.165) is 92.3 Å². The van der Waals surface area contributed by atoms with E-state index in [1.54, 1.807) is 0 Å². The molecule has 9 nitrogen and oxygen atoms in total. The lowest BCUT2D eigenvalue weighted by molar-refractivity contribution is 0.383. The first-order chi connectivity index (χ1) is 21.3. The van der Waals surface area contributed by atoms with Gasteiger partial charge >= 0.3 is 0 Å². The fourth-order valence-electron chi connectivity index (χ4n) is 5.16. The number of hydrogen-bond acceptors (Lipinski definition) is 6. The highest BCUT2D eigenvalue weighted by Gasteiger charge is 2.14. The van der Waals surface area contributed by atoms with Gasteiger partial charge in [-0.15, -0.1) is 49.6 Å². The molecular formula is C34H44Br2Cl4N8O. The Bertz CT molecular complexity index is 1720. The number of nitrogens with zero attached hydrogens (tertiary/aromatic N) is 8. The molecule has 0 fully saturated rings. The number of rotatable bonds is 10. The van der Waals surface area contributed by atoms with Gasteiger partial charge < -0.3 is 15.3 Å². The molecule has 0 unspecified atom stereocenters. The van der Waals surface area contributed by atoms with Crippen molar-refractivity contribution in [2.75, 3.05) is 41.3 Å². The standard InChI is InChI=1S/2C17H19BrN4.4ClH.H2O/c2*1-21(2)9-4-10-22-16-7-8-19-12-15(16)17(20-22)13-5-3-6-14(18)11-13;;;;;/h2*3,5-8,11-12H,4,9-10H2,1-2H3;4*1H;1H2. The fourth-order valence-corrected chi connectivity index (χ4v) is 5.96. The van der Waals surface area contributed by atoms with Gasteiger partial charge in [0.1, 0.15) is 11.4 Å². The number of aromatic nitrogens is 6. The Morgan fingerprint density at radius 1 is 0.592 bits per heavy atom. The summed E-state index contributed by atoms with van der Waals surface area (Å²) in [5.74, 6) is 0. The zero-order chi connectivity index (χ0) is 31.1. The monoisotopic (exact) mass is 878 g/mol. The first kappa shape index (κ1) is 46.7. The minimum Gasteiger partial charge on any atom is -0.412 e. The lowest BCUT2D eigenvalue weighted by Gasteiger charge is -2.09. The van der Waals surface area contributed by atoms with E-state index in [0.29, 0.717) is 0 Å². The van der Waals surface area contributed by atoms with Gasteiger partial charge in [0.25, 0.3) is 0 Å². The van der Waals surface area contributed by atoms with Crippen LogP contribution in [-0.4, -0.2) is 86.1 Å². The third-order valence-corrected chi connectivity index (χ3v) is 8.24. The van der Waals surface area contributed by atoms with Crippen molar-refractivity contribution < 1.29 is 5.48 Å². The van der Waals surface area contributed by atoms with Crippen LogP contribution in [0.2, 0.25) is 0 Å². The SMILES string of the molecule is CN(C)CCCn1nc(-c2cccc(Br)c2)c2cnccc21.CN(C)CCCn1nc(-c2cccc(Br)c2)c2cnccc21.Cl.Cl.Cl.Cl.O. The summed E-state index contributed by atoms with van der Waals surface area (Å²) < 4.78 is 6.31. The first-order valence-corrected chi connectivity index (χ1v) is 16.3. The molecular weight excluding hydrogens is 838 g/mol. The topological polar surface area (TPSA) is 99.4 Å². The van der Waals surface area contributed by atoms with Crippen LogP contribution in [0.4, 0.5) is 0 Å². The summed E-state index contributed by atoms with van der Waals surface area (Å²) >= 11 is 7.06. The third-order valence-electron chi connectivity index (χ3n) is 7.25. The molecule has 15 heteroatoms. The Morgan fingerprint density at radius 2 is 0.980 bits per heavy atom. The van der Waals surface area contributed by atoms with Crippen molar-refractivity contribution >= 4 is 103 Å². The highest BCUT2D eigenvalue weighted by Crippen LogP contribution is 2.30. The number of hydrogen-bond donors (Lipinski definition) is 0.